The molecule has 1 heterocycles. The molecule has 0 aromatic heterocycles. The lowest BCUT2D eigenvalue weighted by Crippen LogP contribution is -2.55. The third-order valence-corrected chi connectivity index (χ3v) is 5.25. The number of phenols is 1. The number of nitrogens with one attached hydrogen (secondary N) is 2. The van der Waals surface area contributed by atoms with Crippen molar-refractivity contribution >= 4 is 11.8 Å². The summed E-state index contributed by atoms with van der Waals surface area (Å²) in [5.41, 5.74) is -0.101. The zero-order chi connectivity index (χ0) is 18.0. The molecule has 1 saturated heterocycles. The van der Waals surface area contributed by atoms with Crippen LogP contribution >= 0.6 is 0 Å². The van der Waals surface area contributed by atoms with Gasteiger partial charge in [0, 0.05) is 18.5 Å². The molecule has 2 atom stereocenters. The van der Waals surface area contributed by atoms with Crippen molar-refractivity contribution in [3.63, 3.8) is 0 Å². The van der Waals surface area contributed by atoms with Crippen LogP contribution in [0.4, 0.5) is 0 Å². The summed E-state index contributed by atoms with van der Waals surface area (Å²) >= 11 is 0. The summed E-state index contributed by atoms with van der Waals surface area (Å²) in [5.74, 6) is -0.320. The van der Waals surface area contributed by atoms with Crippen LogP contribution in [-0.4, -0.2) is 36.1 Å². The lowest BCUT2D eigenvalue weighted by atomic mass is 9.74. The molecule has 1 aliphatic heterocycles. The van der Waals surface area contributed by atoms with Crippen LogP contribution in [0.15, 0.2) is 12.1 Å². The number of nitriles is 1. The van der Waals surface area contributed by atoms with E-state index in [2.05, 4.69) is 10.6 Å². The molecule has 1 saturated carbocycles. The molecule has 1 aromatic rings. The SMILES string of the molecule is COc1c(O)cc(C(=O)NC[C@]23CCCC[C@H]2CC(=O)N3)cc1C#N. The van der Waals surface area contributed by atoms with E-state index in [4.69, 9.17) is 10.00 Å². The van der Waals surface area contributed by atoms with Gasteiger partial charge in [0.25, 0.3) is 5.91 Å². The number of nitrogens with zero attached hydrogens (tertiary/aromatic N) is 1. The Morgan fingerprint density at radius 1 is 1.52 bits per heavy atom. The lowest BCUT2D eigenvalue weighted by molar-refractivity contribution is -0.119. The Bertz CT molecular complexity index is 755. The summed E-state index contributed by atoms with van der Waals surface area (Å²) in [5, 5.41) is 25.0. The fourth-order valence-electron chi connectivity index (χ4n) is 3.99. The average Bonchev–Trinajstić information content (AvgIpc) is 2.94. The first-order chi connectivity index (χ1) is 12.0. The number of carbonyl (C=O) groups is 2. The minimum absolute atomic E-state index is 0.0370. The van der Waals surface area contributed by atoms with Gasteiger partial charge in [-0.3, -0.25) is 9.59 Å². The maximum Gasteiger partial charge on any atom is 0.251 e. The third-order valence-electron chi connectivity index (χ3n) is 5.25. The summed E-state index contributed by atoms with van der Waals surface area (Å²) in [7, 11) is 1.35. The Kier molecular flexibility index (Phi) is 4.53. The van der Waals surface area contributed by atoms with Crippen LogP contribution in [0.3, 0.4) is 0 Å². The first-order valence-electron chi connectivity index (χ1n) is 8.39. The van der Waals surface area contributed by atoms with Crippen molar-refractivity contribution in [3.05, 3.63) is 23.3 Å². The molecule has 0 radical (unpaired) electrons. The highest BCUT2D eigenvalue weighted by molar-refractivity contribution is 5.95. The topological polar surface area (TPSA) is 111 Å². The number of rotatable bonds is 4. The van der Waals surface area contributed by atoms with E-state index in [0.29, 0.717) is 13.0 Å². The molecule has 2 fully saturated rings. The van der Waals surface area contributed by atoms with E-state index in [1.54, 1.807) is 0 Å². The number of hydrogen-bond donors (Lipinski definition) is 3. The lowest BCUT2D eigenvalue weighted by Gasteiger charge is -2.39. The van der Waals surface area contributed by atoms with Crippen LogP contribution in [0.5, 0.6) is 11.5 Å². The van der Waals surface area contributed by atoms with Crippen LogP contribution in [0.1, 0.15) is 48.0 Å². The van der Waals surface area contributed by atoms with E-state index in [1.165, 1.54) is 19.2 Å². The van der Waals surface area contributed by atoms with Crippen molar-refractivity contribution < 1.29 is 19.4 Å². The second-order valence-electron chi connectivity index (χ2n) is 6.72. The van der Waals surface area contributed by atoms with Crippen LogP contribution in [0.2, 0.25) is 0 Å². The third kappa shape index (κ3) is 3.12. The smallest absolute Gasteiger partial charge is 0.251 e. The fraction of sp³-hybridized carbons (Fsp3) is 0.500. The minimum atomic E-state index is -0.394. The second-order valence-corrected chi connectivity index (χ2v) is 6.72. The van der Waals surface area contributed by atoms with Gasteiger partial charge in [0.1, 0.15) is 6.07 Å². The number of benzene rings is 1. The molecule has 7 heteroatoms. The number of carbonyl (C=O) groups excluding carboxylic acids is 2. The van der Waals surface area contributed by atoms with Gasteiger partial charge in [-0.15, -0.1) is 0 Å². The van der Waals surface area contributed by atoms with Crippen LogP contribution in [-0.2, 0) is 4.79 Å². The van der Waals surface area contributed by atoms with Gasteiger partial charge in [-0.25, -0.2) is 0 Å². The van der Waals surface area contributed by atoms with Gasteiger partial charge in [0.15, 0.2) is 11.5 Å². The van der Waals surface area contributed by atoms with E-state index in [0.717, 1.165) is 25.7 Å². The Morgan fingerprint density at radius 3 is 3.04 bits per heavy atom. The van der Waals surface area contributed by atoms with Crippen molar-refractivity contribution in [2.75, 3.05) is 13.7 Å². The van der Waals surface area contributed by atoms with Gasteiger partial charge in [0.2, 0.25) is 5.91 Å². The number of aromatic hydroxyl groups is 1. The van der Waals surface area contributed by atoms with E-state index >= 15 is 0 Å². The zero-order valence-corrected chi connectivity index (χ0v) is 14.1. The van der Waals surface area contributed by atoms with E-state index in [9.17, 15) is 14.7 Å². The predicted octanol–water partition coefficient (Wildman–Crippen LogP) is 1.45. The van der Waals surface area contributed by atoms with Gasteiger partial charge in [-0.2, -0.15) is 5.26 Å². The maximum absolute atomic E-state index is 12.5. The quantitative estimate of drug-likeness (QED) is 0.766. The summed E-state index contributed by atoms with van der Waals surface area (Å²) in [6.45, 7) is 0.344. The van der Waals surface area contributed by atoms with Gasteiger partial charge in [0.05, 0.1) is 18.2 Å². The molecule has 0 bridgehead atoms. The zero-order valence-electron chi connectivity index (χ0n) is 14.1. The molecular formula is C18H21N3O4. The Hall–Kier alpha value is -2.75. The molecule has 1 aliphatic carbocycles. The molecule has 1 aromatic carbocycles. The van der Waals surface area contributed by atoms with Crippen LogP contribution in [0.25, 0.3) is 0 Å². The molecule has 132 valence electrons. The average molecular weight is 343 g/mol. The molecule has 0 spiro atoms. The van der Waals surface area contributed by atoms with Crippen molar-refractivity contribution in [3.8, 4) is 17.6 Å². The van der Waals surface area contributed by atoms with Gasteiger partial charge >= 0.3 is 0 Å². The number of fused-ring (bicyclic) bond motifs is 1. The van der Waals surface area contributed by atoms with E-state index < -0.39 is 5.91 Å². The van der Waals surface area contributed by atoms with Crippen molar-refractivity contribution in [1.29, 1.82) is 5.26 Å². The maximum atomic E-state index is 12.5. The van der Waals surface area contributed by atoms with Gasteiger partial charge in [-0.1, -0.05) is 12.8 Å². The van der Waals surface area contributed by atoms with Gasteiger partial charge in [-0.05, 0) is 30.9 Å². The van der Waals surface area contributed by atoms with E-state index in [-0.39, 0.29) is 40.0 Å². The number of methoxy groups -OCH3 is 1. The Morgan fingerprint density at radius 2 is 2.32 bits per heavy atom. The molecule has 2 aliphatic rings. The summed E-state index contributed by atoms with van der Waals surface area (Å²) in [6.07, 6.45) is 4.47. The molecule has 3 N–H and O–H groups in total. The molecule has 25 heavy (non-hydrogen) atoms. The monoisotopic (exact) mass is 343 g/mol. The first kappa shape index (κ1) is 17.1. The predicted molar refractivity (Wildman–Crippen MR) is 89.2 cm³/mol. The minimum Gasteiger partial charge on any atom is -0.504 e. The first-order valence-corrected chi connectivity index (χ1v) is 8.39. The summed E-state index contributed by atoms with van der Waals surface area (Å²) in [4.78, 5) is 24.3. The van der Waals surface area contributed by atoms with E-state index in [1.807, 2.05) is 6.07 Å². The van der Waals surface area contributed by atoms with Crippen molar-refractivity contribution in [1.82, 2.24) is 10.6 Å². The Balaban J connectivity index is 1.76. The molecule has 2 amide bonds. The highest BCUT2D eigenvalue weighted by Gasteiger charge is 2.47. The molecular weight excluding hydrogens is 322 g/mol. The Labute approximate surface area is 146 Å². The number of amides is 2. The van der Waals surface area contributed by atoms with Crippen LogP contribution in [0, 0.1) is 17.2 Å². The molecule has 0 unspecified atom stereocenters. The fourth-order valence-corrected chi connectivity index (χ4v) is 3.99. The summed E-state index contributed by atoms with van der Waals surface area (Å²) in [6, 6.07) is 4.57. The highest BCUT2D eigenvalue weighted by atomic mass is 16.5. The number of ether oxygens (including phenoxy) is 1. The van der Waals surface area contributed by atoms with Gasteiger partial charge < -0.3 is 20.5 Å². The van der Waals surface area contributed by atoms with Crippen molar-refractivity contribution in [2.45, 2.75) is 37.6 Å². The standard InChI is InChI=1S/C18H21N3O4/c1-25-16-12(9-19)6-11(7-14(16)22)17(24)20-10-18-5-3-2-4-13(18)8-15(23)21-18/h6-7,13,22H,2-5,8,10H2,1H3,(H,20,24)(H,21,23)/t13-,18+/m0/s1. The normalized spacial score (nSPS) is 24.8. The van der Waals surface area contributed by atoms with Crippen LogP contribution < -0.4 is 15.4 Å². The number of hydrogen-bond acceptors (Lipinski definition) is 5. The molecule has 3 rings (SSSR count). The van der Waals surface area contributed by atoms with Crippen molar-refractivity contribution in [2.24, 2.45) is 5.92 Å². The molecule has 7 nitrogen and oxygen atoms in total. The largest absolute Gasteiger partial charge is 0.504 e. The number of phenolic OH excluding ortho intramolecular Hbond substituents is 1. The second kappa shape index (κ2) is 6.63. The summed E-state index contributed by atoms with van der Waals surface area (Å²) < 4.78 is 4.97. The highest BCUT2D eigenvalue weighted by Crippen LogP contribution is 2.39.